The number of quaternary nitrogens is 1. The van der Waals surface area contributed by atoms with Crippen LogP contribution in [0.5, 0.6) is 0 Å². The van der Waals surface area contributed by atoms with Gasteiger partial charge in [0.2, 0.25) is 0 Å². The normalized spacial score (nSPS) is 24.4. The Balaban J connectivity index is 0.00000256. The second-order valence-electron chi connectivity index (χ2n) is 5.65. The summed E-state index contributed by atoms with van der Waals surface area (Å²) in [6.07, 6.45) is 13.1. The van der Waals surface area contributed by atoms with Crippen LogP contribution >= 0.6 is 0 Å². The van der Waals surface area contributed by atoms with Crippen LogP contribution in [0.3, 0.4) is 0 Å². The van der Waals surface area contributed by atoms with E-state index in [1.165, 1.54) is 77.4 Å². The van der Waals surface area contributed by atoms with Crippen LogP contribution in [-0.4, -0.2) is 19.6 Å². The van der Waals surface area contributed by atoms with Crippen molar-refractivity contribution in [1.82, 2.24) is 0 Å². The van der Waals surface area contributed by atoms with Crippen LogP contribution in [0.2, 0.25) is 0 Å². The number of piperidine rings is 1. The third kappa shape index (κ3) is 8.05. The van der Waals surface area contributed by atoms with Gasteiger partial charge in [-0.25, -0.2) is 0 Å². The maximum Gasteiger partial charge on any atom is 0.0773 e. The van der Waals surface area contributed by atoms with Gasteiger partial charge >= 0.3 is 0 Å². The summed E-state index contributed by atoms with van der Waals surface area (Å²) >= 11 is 0. The second kappa shape index (κ2) is 11.3. The monoisotopic (exact) mass is 261 g/mol. The summed E-state index contributed by atoms with van der Waals surface area (Å²) < 4.78 is 0. The van der Waals surface area contributed by atoms with E-state index >= 15 is 0 Å². The highest BCUT2D eigenvalue weighted by molar-refractivity contribution is 4.62. The van der Waals surface area contributed by atoms with Gasteiger partial charge in [-0.3, -0.25) is 0 Å². The van der Waals surface area contributed by atoms with Crippen molar-refractivity contribution in [2.75, 3.05) is 19.6 Å². The highest BCUT2D eigenvalue weighted by atomic mass is 35.5. The van der Waals surface area contributed by atoms with Gasteiger partial charge in [0.1, 0.15) is 0 Å². The smallest absolute Gasteiger partial charge is 0.0773 e. The van der Waals surface area contributed by atoms with Gasteiger partial charge in [-0.2, -0.15) is 0 Å². The Kier molecular flexibility index (Phi) is 11.5. The minimum Gasteiger partial charge on any atom is -1.00 e. The number of unbranched alkanes of at least 4 members (excludes halogenated alkanes) is 4. The first-order chi connectivity index (χ1) is 7.86. The van der Waals surface area contributed by atoms with E-state index in [-0.39, 0.29) is 12.4 Å². The zero-order valence-electron chi connectivity index (χ0n) is 11.9. The van der Waals surface area contributed by atoms with Crippen molar-refractivity contribution in [3.63, 3.8) is 0 Å². The predicted molar refractivity (Wildman–Crippen MR) is 72.0 cm³/mol. The average molecular weight is 262 g/mol. The van der Waals surface area contributed by atoms with Gasteiger partial charge in [-0.1, -0.05) is 46.0 Å². The maximum atomic E-state index is 2.31. The topological polar surface area (TPSA) is 4.44 Å². The molecule has 1 heterocycles. The lowest BCUT2D eigenvalue weighted by atomic mass is 9.91. The van der Waals surface area contributed by atoms with Gasteiger partial charge in [0.05, 0.1) is 19.6 Å². The summed E-state index contributed by atoms with van der Waals surface area (Å²) in [4.78, 5) is 1.89. The molecule has 0 aliphatic carbocycles. The first-order valence-corrected chi connectivity index (χ1v) is 7.70. The summed E-state index contributed by atoms with van der Waals surface area (Å²) in [5.41, 5.74) is 0. The van der Waals surface area contributed by atoms with Crippen LogP contribution in [0, 0.1) is 5.92 Å². The largest absolute Gasteiger partial charge is 1.00 e. The minimum atomic E-state index is 0. The summed E-state index contributed by atoms with van der Waals surface area (Å²) in [5, 5.41) is 0. The van der Waals surface area contributed by atoms with Gasteiger partial charge in [-0.15, -0.1) is 0 Å². The molecule has 2 heteroatoms. The molecule has 1 aliphatic heterocycles. The Labute approximate surface area is 115 Å². The SMILES string of the molecule is CCCCCC[NH+]1CCC(CCCC)CC1.[Cl-]. The van der Waals surface area contributed by atoms with Crippen molar-refractivity contribution in [3.05, 3.63) is 0 Å². The number of halogens is 1. The lowest BCUT2D eigenvalue weighted by Crippen LogP contribution is -3.13. The zero-order chi connectivity index (χ0) is 11.6. The second-order valence-corrected chi connectivity index (χ2v) is 5.65. The van der Waals surface area contributed by atoms with Gasteiger partial charge in [0.25, 0.3) is 0 Å². The number of likely N-dealkylation sites (tertiary alicyclic amines) is 1. The van der Waals surface area contributed by atoms with Crippen molar-refractivity contribution in [3.8, 4) is 0 Å². The maximum absolute atomic E-state index is 2.31. The highest BCUT2D eigenvalue weighted by Crippen LogP contribution is 2.17. The molecule has 0 aromatic rings. The summed E-state index contributed by atoms with van der Waals surface area (Å²) in [7, 11) is 0. The van der Waals surface area contributed by atoms with Crippen LogP contribution in [0.15, 0.2) is 0 Å². The Bertz CT molecular complexity index is 153. The fourth-order valence-corrected chi connectivity index (χ4v) is 2.92. The first-order valence-electron chi connectivity index (χ1n) is 7.70. The van der Waals surface area contributed by atoms with Gasteiger partial charge in [0, 0.05) is 0 Å². The first kappa shape index (κ1) is 17.2. The third-order valence-electron chi connectivity index (χ3n) is 4.16. The lowest BCUT2D eigenvalue weighted by molar-refractivity contribution is -0.906. The van der Waals surface area contributed by atoms with Crippen LogP contribution in [0.25, 0.3) is 0 Å². The Hall–Kier alpha value is 0.250. The number of nitrogens with one attached hydrogen (secondary N) is 1. The van der Waals surface area contributed by atoms with Crippen LogP contribution in [0.4, 0.5) is 0 Å². The predicted octanol–water partition coefficient (Wildman–Crippen LogP) is 0.0558. The quantitative estimate of drug-likeness (QED) is 0.590. The van der Waals surface area contributed by atoms with Crippen LogP contribution < -0.4 is 17.3 Å². The van der Waals surface area contributed by atoms with Crippen LogP contribution in [0.1, 0.15) is 71.6 Å². The van der Waals surface area contributed by atoms with Crippen molar-refractivity contribution in [2.45, 2.75) is 71.6 Å². The number of hydrogen-bond donors (Lipinski definition) is 1. The zero-order valence-corrected chi connectivity index (χ0v) is 12.7. The van der Waals surface area contributed by atoms with Crippen molar-refractivity contribution >= 4 is 0 Å². The van der Waals surface area contributed by atoms with Crippen molar-refractivity contribution in [1.29, 1.82) is 0 Å². The molecule has 0 aromatic carbocycles. The van der Waals surface area contributed by atoms with E-state index in [2.05, 4.69) is 13.8 Å². The molecule has 0 atom stereocenters. The molecule has 1 fully saturated rings. The molecule has 0 aromatic heterocycles. The molecule has 0 amide bonds. The van der Waals surface area contributed by atoms with Gasteiger partial charge in [0.15, 0.2) is 0 Å². The molecule has 0 saturated carbocycles. The Morgan fingerprint density at radius 2 is 1.53 bits per heavy atom. The third-order valence-corrected chi connectivity index (χ3v) is 4.16. The molecule has 104 valence electrons. The van der Waals surface area contributed by atoms with E-state index in [1.54, 1.807) is 0 Å². The number of rotatable bonds is 8. The lowest BCUT2D eigenvalue weighted by Gasteiger charge is -2.29. The highest BCUT2D eigenvalue weighted by Gasteiger charge is 2.20. The molecule has 0 spiro atoms. The molecule has 0 unspecified atom stereocenters. The standard InChI is InChI=1S/C15H31N.ClH/c1-3-5-7-8-12-16-13-10-15(11-14-16)9-6-4-2;/h15H,3-14H2,1-2H3;1H. The Morgan fingerprint density at radius 3 is 2.12 bits per heavy atom. The molecular formula is C15H32ClN. The number of hydrogen-bond acceptors (Lipinski definition) is 0. The minimum absolute atomic E-state index is 0. The molecular weight excluding hydrogens is 230 g/mol. The molecule has 1 saturated heterocycles. The molecule has 1 aliphatic rings. The van der Waals surface area contributed by atoms with Crippen molar-refractivity contribution in [2.24, 2.45) is 5.92 Å². The molecule has 1 N–H and O–H groups in total. The fraction of sp³-hybridized carbons (Fsp3) is 1.00. The molecule has 1 nitrogen and oxygen atoms in total. The van der Waals surface area contributed by atoms with E-state index in [0.717, 1.165) is 5.92 Å². The molecule has 0 radical (unpaired) electrons. The molecule has 1 rings (SSSR count). The summed E-state index contributed by atoms with van der Waals surface area (Å²) in [6.45, 7) is 8.97. The Morgan fingerprint density at radius 1 is 0.882 bits per heavy atom. The average Bonchev–Trinajstić information content (AvgIpc) is 2.33. The van der Waals surface area contributed by atoms with Crippen LogP contribution in [-0.2, 0) is 0 Å². The van der Waals surface area contributed by atoms with Gasteiger partial charge in [-0.05, 0) is 31.6 Å². The van der Waals surface area contributed by atoms with Crippen molar-refractivity contribution < 1.29 is 17.3 Å². The van der Waals surface area contributed by atoms with Gasteiger partial charge < -0.3 is 17.3 Å². The van der Waals surface area contributed by atoms with E-state index in [0.29, 0.717) is 0 Å². The van der Waals surface area contributed by atoms with E-state index in [4.69, 9.17) is 0 Å². The van der Waals surface area contributed by atoms with E-state index < -0.39 is 0 Å². The fourth-order valence-electron chi connectivity index (χ4n) is 2.92. The molecule has 17 heavy (non-hydrogen) atoms. The van der Waals surface area contributed by atoms with E-state index in [1.807, 2.05) is 4.90 Å². The van der Waals surface area contributed by atoms with E-state index in [9.17, 15) is 0 Å². The molecule has 0 bridgehead atoms. The summed E-state index contributed by atoms with van der Waals surface area (Å²) in [5.74, 6) is 1.07. The summed E-state index contributed by atoms with van der Waals surface area (Å²) in [6, 6.07) is 0.